The predicted molar refractivity (Wildman–Crippen MR) is 93.2 cm³/mol. The summed E-state index contributed by atoms with van der Waals surface area (Å²) in [6, 6.07) is 10.0. The monoisotopic (exact) mass is 377 g/mol. The van der Waals surface area contributed by atoms with E-state index in [1.54, 1.807) is 0 Å². The third kappa shape index (κ3) is 4.69. The molecule has 0 radical (unpaired) electrons. The lowest BCUT2D eigenvalue weighted by molar-refractivity contribution is -0.384. The van der Waals surface area contributed by atoms with E-state index < -0.39 is 28.3 Å². The fourth-order valence-electron chi connectivity index (χ4n) is 2.84. The molecule has 0 saturated heterocycles. The van der Waals surface area contributed by atoms with E-state index in [0.29, 0.717) is 25.0 Å². The van der Waals surface area contributed by atoms with Gasteiger partial charge in [-0.05, 0) is 18.4 Å². The minimum atomic E-state index is -1.03. The molecule has 2 N–H and O–H groups in total. The van der Waals surface area contributed by atoms with Gasteiger partial charge in [-0.3, -0.25) is 10.1 Å². The highest BCUT2D eigenvalue weighted by atomic mass is 19.1. The number of carbonyl (C=O) groups is 1. The van der Waals surface area contributed by atoms with Crippen molar-refractivity contribution in [3.8, 4) is 0 Å². The fourth-order valence-corrected chi connectivity index (χ4v) is 2.84. The van der Waals surface area contributed by atoms with Crippen molar-refractivity contribution in [3.05, 3.63) is 69.8 Å². The van der Waals surface area contributed by atoms with Crippen molar-refractivity contribution in [1.82, 2.24) is 5.32 Å². The smallest absolute Gasteiger partial charge is 0.407 e. The van der Waals surface area contributed by atoms with E-state index in [4.69, 9.17) is 4.74 Å². The zero-order valence-electron chi connectivity index (χ0n) is 14.2. The number of carbonyl (C=O) groups excluding carboxylic acids is 1. The molecule has 1 amide bonds. The number of rotatable bonds is 6. The molecule has 0 aliphatic heterocycles. The molecule has 2 aromatic rings. The number of nitrogens with zero attached hydrogens (tertiary/aromatic N) is 1. The molecule has 27 heavy (non-hydrogen) atoms. The standard InChI is InChI=1S/C18H17F2N3O4/c19-12-6-15(20)17(16(7-12)23(25)26)21-13-8-14(9-13)22-18(24)27-10-11-4-2-1-3-5-11/h1-7,13-14,21H,8-10H2,(H,22,24). The molecule has 1 aliphatic carbocycles. The predicted octanol–water partition coefficient (Wildman–Crippen LogP) is 3.74. The second-order valence-electron chi connectivity index (χ2n) is 6.25. The molecule has 0 heterocycles. The van der Waals surface area contributed by atoms with Gasteiger partial charge in [0.2, 0.25) is 0 Å². The molecule has 3 rings (SSSR count). The maximum atomic E-state index is 13.9. The average molecular weight is 377 g/mol. The van der Waals surface area contributed by atoms with Crippen LogP contribution < -0.4 is 10.6 Å². The summed E-state index contributed by atoms with van der Waals surface area (Å²) in [6.07, 6.45) is 0.310. The Labute approximate surface area is 153 Å². The number of hydrogen-bond donors (Lipinski definition) is 2. The first kappa shape index (κ1) is 18.6. The molecule has 0 bridgehead atoms. The number of halogens is 2. The van der Waals surface area contributed by atoms with Crippen LogP contribution in [0.15, 0.2) is 42.5 Å². The number of amides is 1. The summed E-state index contributed by atoms with van der Waals surface area (Å²) in [5, 5.41) is 16.4. The van der Waals surface area contributed by atoms with E-state index in [1.807, 2.05) is 30.3 Å². The molecule has 7 nitrogen and oxygen atoms in total. The summed E-state index contributed by atoms with van der Waals surface area (Å²) in [5.74, 6) is -2.04. The van der Waals surface area contributed by atoms with E-state index in [0.717, 1.165) is 5.56 Å². The highest BCUT2D eigenvalue weighted by Crippen LogP contribution is 2.33. The number of alkyl carbamates (subject to hydrolysis) is 1. The lowest BCUT2D eigenvalue weighted by Gasteiger charge is -2.36. The lowest BCUT2D eigenvalue weighted by atomic mass is 9.86. The van der Waals surface area contributed by atoms with Crippen LogP contribution in [0.3, 0.4) is 0 Å². The van der Waals surface area contributed by atoms with Gasteiger partial charge in [0, 0.05) is 18.2 Å². The normalized spacial score (nSPS) is 18.3. The number of ether oxygens (including phenoxy) is 1. The van der Waals surface area contributed by atoms with Crippen LogP contribution in [0.1, 0.15) is 18.4 Å². The molecule has 1 fully saturated rings. The van der Waals surface area contributed by atoms with Crippen molar-refractivity contribution in [2.45, 2.75) is 31.5 Å². The van der Waals surface area contributed by atoms with E-state index in [9.17, 15) is 23.7 Å². The average Bonchev–Trinajstić information content (AvgIpc) is 2.60. The largest absolute Gasteiger partial charge is 0.445 e. The number of nitrogens with one attached hydrogen (secondary N) is 2. The van der Waals surface area contributed by atoms with Crippen LogP contribution in [-0.4, -0.2) is 23.1 Å². The van der Waals surface area contributed by atoms with Crippen molar-refractivity contribution in [2.75, 3.05) is 5.32 Å². The SMILES string of the molecule is O=C(NC1CC(Nc2c(F)cc(F)cc2[N+](=O)[O-])C1)OCc1ccccc1. The molecule has 1 aliphatic rings. The summed E-state index contributed by atoms with van der Waals surface area (Å²) >= 11 is 0. The van der Waals surface area contributed by atoms with Gasteiger partial charge in [-0.25, -0.2) is 13.6 Å². The lowest BCUT2D eigenvalue weighted by Crippen LogP contribution is -2.49. The van der Waals surface area contributed by atoms with E-state index in [-0.39, 0.29) is 24.4 Å². The summed E-state index contributed by atoms with van der Waals surface area (Å²) < 4.78 is 32.1. The first-order valence-electron chi connectivity index (χ1n) is 8.29. The number of nitro groups is 1. The Kier molecular flexibility index (Phi) is 5.49. The van der Waals surface area contributed by atoms with Crippen molar-refractivity contribution >= 4 is 17.5 Å². The van der Waals surface area contributed by atoms with Crippen LogP contribution >= 0.6 is 0 Å². The maximum absolute atomic E-state index is 13.9. The maximum Gasteiger partial charge on any atom is 0.407 e. The van der Waals surface area contributed by atoms with Crippen LogP contribution in [0.5, 0.6) is 0 Å². The summed E-state index contributed by atoms with van der Waals surface area (Å²) in [5.41, 5.74) is -0.150. The zero-order valence-corrected chi connectivity index (χ0v) is 14.2. The van der Waals surface area contributed by atoms with Crippen LogP contribution in [0, 0.1) is 21.7 Å². The van der Waals surface area contributed by atoms with Gasteiger partial charge in [0.25, 0.3) is 5.69 Å². The van der Waals surface area contributed by atoms with Crippen molar-refractivity contribution in [2.24, 2.45) is 0 Å². The Morgan fingerprint density at radius 2 is 1.89 bits per heavy atom. The van der Waals surface area contributed by atoms with Gasteiger partial charge in [0.05, 0.1) is 11.0 Å². The first-order chi connectivity index (χ1) is 12.9. The highest BCUT2D eigenvalue weighted by molar-refractivity contribution is 5.68. The van der Waals surface area contributed by atoms with Gasteiger partial charge in [-0.15, -0.1) is 0 Å². The minimum Gasteiger partial charge on any atom is -0.445 e. The third-order valence-corrected chi connectivity index (χ3v) is 4.25. The number of hydrogen-bond acceptors (Lipinski definition) is 5. The molecule has 9 heteroatoms. The molecule has 0 spiro atoms. The van der Waals surface area contributed by atoms with E-state index >= 15 is 0 Å². The second kappa shape index (κ2) is 7.98. The molecular weight excluding hydrogens is 360 g/mol. The molecule has 1 saturated carbocycles. The van der Waals surface area contributed by atoms with E-state index in [1.165, 1.54) is 0 Å². The number of anilines is 1. The summed E-state index contributed by atoms with van der Waals surface area (Å²) in [7, 11) is 0. The molecule has 2 aromatic carbocycles. The van der Waals surface area contributed by atoms with Gasteiger partial charge in [0.15, 0.2) is 5.82 Å². The minimum absolute atomic E-state index is 0.147. The Bertz CT molecular complexity index is 842. The Hall–Kier alpha value is -3.23. The molecule has 0 atom stereocenters. The van der Waals surface area contributed by atoms with Crippen LogP contribution in [0.4, 0.5) is 25.0 Å². The van der Waals surface area contributed by atoms with Gasteiger partial charge in [-0.2, -0.15) is 0 Å². The van der Waals surface area contributed by atoms with Crippen molar-refractivity contribution in [3.63, 3.8) is 0 Å². The van der Waals surface area contributed by atoms with Crippen molar-refractivity contribution in [1.29, 1.82) is 0 Å². The van der Waals surface area contributed by atoms with Gasteiger partial charge in [-0.1, -0.05) is 30.3 Å². The van der Waals surface area contributed by atoms with Crippen LogP contribution in [0.25, 0.3) is 0 Å². The topological polar surface area (TPSA) is 93.5 Å². The van der Waals surface area contributed by atoms with Gasteiger partial charge >= 0.3 is 6.09 Å². The number of nitro benzene ring substituents is 1. The third-order valence-electron chi connectivity index (χ3n) is 4.25. The molecule has 142 valence electrons. The first-order valence-corrected chi connectivity index (χ1v) is 8.29. The molecule has 0 unspecified atom stereocenters. The Morgan fingerprint density at radius 3 is 2.56 bits per heavy atom. The van der Waals surface area contributed by atoms with Crippen molar-refractivity contribution < 1.29 is 23.2 Å². The quantitative estimate of drug-likeness (QED) is 0.591. The fraction of sp³-hybridized carbons (Fsp3) is 0.278. The molecule has 0 aromatic heterocycles. The summed E-state index contributed by atoms with van der Waals surface area (Å²) in [4.78, 5) is 21.9. The van der Waals surface area contributed by atoms with Gasteiger partial charge < -0.3 is 15.4 Å². The highest BCUT2D eigenvalue weighted by Gasteiger charge is 2.33. The second-order valence-corrected chi connectivity index (χ2v) is 6.25. The molecular formula is C18H17F2N3O4. The Morgan fingerprint density at radius 1 is 1.19 bits per heavy atom. The van der Waals surface area contributed by atoms with Gasteiger partial charge in [0.1, 0.15) is 18.1 Å². The summed E-state index contributed by atoms with van der Waals surface area (Å²) in [6.45, 7) is 0.147. The van der Waals surface area contributed by atoms with Crippen LogP contribution in [0.2, 0.25) is 0 Å². The van der Waals surface area contributed by atoms with E-state index in [2.05, 4.69) is 10.6 Å². The number of benzene rings is 2. The zero-order chi connectivity index (χ0) is 19.4. The van der Waals surface area contributed by atoms with Crippen LogP contribution in [-0.2, 0) is 11.3 Å². The Balaban J connectivity index is 1.48.